The number of amides is 1. The molecule has 0 saturated heterocycles. The highest BCUT2D eigenvalue weighted by molar-refractivity contribution is 5.99. The maximum atomic E-state index is 12.6. The van der Waals surface area contributed by atoms with Crippen molar-refractivity contribution in [1.82, 2.24) is 9.47 Å². The van der Waals surface area contributed by atoms with Gasteiger partial charge in [-0.25, -0.2) is 4.79 Å². The topological polar surface area (TPSA) is 93.8 Å². The zero-order valence-corrected chi connectivity index (χ0v) is 21.3. The Labute approximate surface area is 211 Å². The van der Waals surface area contributed by atoms with E-state index in [2.05, 4.69) is 4.57 Å². The number of rotatable bonds is 10. The zero-order valence-electron chi connectivity index (χ0n) is 21.3. The van der Waals surface area contributed by atoms with Gasteiger partial charge in [0.05, 0.1) is 13.7 Å². The first kappa shape index (κ1) is 26.5. The summed E-state index contributed by atoms with van der Waals surface area (Å²) >= 11 is 0. The number of carbonyl (C=O) groups excluding carboxylic acids is 2. The summed E-state index contributed by atoms with van der Waals surface area (Å²) in [6.45, 7) is 4.98. The molecule has 1 heterocycles. The monoisotopic (exact) mass is 489 g/mol. The van der Waals surface area contributed by atoms with Crippen molar-refractivity contribution < 1.29 is 23.8 Å². The van der Waals surface area contributed by atoms with Crippen LogP contribution in [-0.4, -0.2) is 55.8 Å². The van der Waals surface area contributed by atoms with E-state index in [9.17, 15) is 14.9 Å². The van der Waals surface area contributed by atoms with Crippen molar-refractivity contribution in [2.75, 3.05) is 34.5 Å². The Morgan fingerprint density at radius 3 is 2.50 bits per heavy atom. The van der Waals surface area contributed by atoms with Gasteiger partial charge in [-0.05, 0) is 66.1 Å². The molecule has 3 aromatic rings. The van der Waals surface area contributed by atoms with E-state index < -0.39 is 12.6 Å². The fourth-order valence-corrected chi connectivity index (χ4v) is 3.97. The molecule has 0 N–H and O–H groups in total. The SMILES string of the molecule is COCCn1c(C)cc(/C=C(\C#N)C(=O)OCC(=O)N(C)Cc2ccc3cc(OC)ccc3c2)c1C. The minimum atomic E-state index is -0.833. The largest absolute Gasteiger partial charge is 0.497 e. The minimum absolute atomic E-state index is 0.164. The van der Waals surface area contributed by atoms with Gasteiger partial charge in [0.2, 0.25) is 0 Å². The van der Waals surface area contributed by atoms with E-state index in [1.165, 1.54) is 11.0 Å². The Morgan fingerprint density at radius 1 is 1.08 bits per heavy atom. The minimum Gasteiger partial charge on any atom is -0.497 e. The Morgan fingerprint density at radius 2 is 1.81 bits per heavy atom. The normalized spacial score (nSPS) is 11.3. The Bertz CT molecular complexity index is 1330. The zero-order chi connectivity index (χ0) is 26.2. The van der Waals surface area contributed by atoms with E-state index in [1.54, 1.807) is 21.3 Å². The van der Waals surface area contributed by atoms with Crippen LogP contribution in [0.2, 0.25) is 0 Å². The second-order valence-corrected chi connectivity index (χ2v) is 8.51. The number of ether oxygens (including phenoxy) is 3. The van der Waals surface area contributed by atoms with Crippen LogP contribution in [0.1, 0.15) is 22.5 Å². The summed E-state index contributed by atoms with van der Waals surface area (Å²) in [6, 6.07) is 15.5. The number of nitriles is 1. The number of benzene rings is 2. The second kappa shape index (κ2) is 12.0. The van der Waals surface area contributed by atoms with Gasteiger partial charge < -0.3 is 23.7 Å². The van der Waals surface area contributed by atoms with E-state index in [-0.39, 0.29) is 11.5 Å². The third kappa shape index (κ3) is 6.32. The number of esters is 1. The van der Waals surface area contributed by atoms with Crippen molar-refractivity contribution in [3.8, 4) is 11.8 Å². The molecular formula is C28H31N3O5. The van der Waals surface area contributed by atoms with E-state index in [4.69, 9.17) is 14.2 Å². The Balaban J connectivity index is 1.61. The fraction of sp³-hybridized carbons (Fsp3) is 0.321. The lowest BCUT2D eigenvalue weighted by atomic mass is 10.1. The summed E-state index contributed by atoms with van der Waals surface area (Å²) in [6.07, 6.45) is 1.49. The number of aromatic nitrogens is 1. The van der Waals surface area contributed by atoms with Crippen LogP contribution in [-0.2, 0) is 32.2 Å². The number of hydrogen-bond donors (Lipinski definition) is 0. The molecule has 0 unspecified atom stereocenters. The van der Waals surface area contributed by atoms with Crippen LogP contribution >= 0.6 is 0 Å². The van der Waals surface area contributed by atoms with Gasteiger partial charge in [0, 0.05) is 38.6 Å². The van der Waals surface area contributed by atoms with E-state index >= 15 is 0 Å². The van der Waals surface area contributed by atoms with Crippen LogP contribution < -0.4 is 4.74 Å². The molecule has 1 amide bonds. The van der Waals surface area contributed by atoms with Crippen molar-refractivity contribution in [3.05, 3.63) is 70.6 Å². The highest BCUT2D eigenvalue weighted by atomic mass is 16.5. The van der Waals surface area contributed by atoms with Gasteiger partial charge in [-0.1, -0.05) is 18.2 Å². The van der Waals surface area contributed by atoms with Gasteiger partial charge in [-0.15, -0.1) is 0 Å². The molecular weight excluding hydrogens is 458 g/mol. The van der Waals surface area contributed by atoms with E-state index in [0.29, 0.717) is 19.7 Å². The summed E-state index contributed by atoms with van der Waals surface area (Å²) in [5, 5.41) is 11.6. The number of aryl methyl sites for hydroxylation is 1. The molecule has 0 saturated carbocycles. The summed E-state index contributed by atoms with van der Waals surface area (Å²) < 4.78 is 17.6. The average molecular weight is 490 g/mol. The number of methoxy groups -OCH3 is 2. The van der Waals surface area contributed by atoms with Crippen molar-refractivity contribution in [2.45, 2.75) is 26.9 Å². The molecule has 0 aliphatic carbocycles. The number of likely N-dealkylation sites (N-methyl/N-ethyl adjacent to an activating group) is 1. The molecule has 0 bridgehead atoms. The van der Waals surface area contributed by atoms with Gasteiger partial charge in [-0.3, -0.25) is 4.79 Å². The predicted octanol–water partition coefficient (Wildman–Crippen LogP) is 4.02. The van der Waals surface area contributed by atoms with Gasteiger partial charge in [0.15, 0.2) is 6.61 Å². The number of fused-ring (bicyclic) bond motifs is 1. The van der Waals surface area contributed by atoms with Crippen LogP contribution in [0, 0.1) is 25.2 Å². The van der Waals surface area contributed by atoms with Crippen LogP contribution in [0.3, 0.4) is 0 Å². The second-order valence-electron chi connectivity index (χ2n) is 8.51. The molecule has 0 aliphatic rings. The highest BCUT2D eigenvalue weighted by Gasteiger charge is 2.17. The van der Waals surface area contributed by atoms with Crippen LogP contribution in [0.5, 0.6) is 5.75 Å². The number of carbonyl (C=O) groups is 2. The molecule has 3 rings (SSSR count). The quantitative estimate of drug-likeness (QED) is 0.243. The smallest absolute Gasteiger partial charge is 0.349 e. The molecule has 0 atom stereocenters. The lowest BCUT2D eigenvalue weighted by Gasteiger charge is -2.17. The Hall–Kier alpha value is -4.09. The van der Waals surface area contributed by atoms with Gasteiger partial charge in [-0.2, -0.15) is 5.26 Å². The first-order chi connectivity index (χ1) is 17.3. The van der Waals surface area contributed by atoms with Crippen molar-refractivity contribution in [2.24, 2.45) is 0 Å². The van der Waals surface area contributed by atoms with Crippen LogP contribution in [0.25, 0.3) is 16.8 Å². The summed E-state index contributed by atoms with van der Waals surface area (Å²) in [5.41, 5.74) is 3.42. The summed E-state index contributed by atoms with van der Waals surface area (Å²) in [5.74, 6) is -0.419. The fourth-order valence-electron chi connectivity index (χ4n) is 3.97. The highest BCUT2D eigenvalue weighted by Crippen LogP contribution is 2.22. The van der Waals surface area contributed by atoms with Crippen molar-refractivity contribution in [1.29, 1.82) is 5.26 Å². The first-order valence-corrected chi connectivity index (χ1v) is 11.5. The standard InChI is InChI=1S/C28H31N3O5/c1-19-12-24(20(2)31(19)10-11-34-4)14-25(16-29)28(33)36-18-27(32)30(3)17-21-6-7-23-15-26(35-5)9-8-22(23)13-21/h6-9,12-15H,10-11,17-18H2,1-5H3/b25-14+. The predicted molar refractivity (Wildman–Crippen MR) is 137 cm³/mol. The molecule has 36 heavy (non-hydrogen) atoms. The van der Waals surface area contributed by atoms with E-state index in [1.807, 2.05) is 62.4 Å². The molecule has 8 heteroatoms. The summed E-state index contributed by atoms with van der Waals surface area (Å²) in [4.78, 5) is 26.6. The average Bonchev–Trinajstić information content (AvgIpc) is 3.15. The summed E-state index contributed by atoms with van der Waals surface area (Å²) in [7, 11) is 4.91. The van der Waals surface area contributed by atoms with Gasteiger partial charge in [0.25, 0.3) is 5.91 Å². The maximum absolute atomic E-state index is 12.6. The first-order valence-electron chi connectivity index (χ1n) is 11.5. The number of nitrogens with zero attached hydrogens (tertiary/aromatic N) is 3. The van der Waals surface area contributed by atoms with Gasteiger partial charge >= 0.3 is 5.97 Å². The lowest BCUT2D eigenvalue weighted by molar-refractivity contribution is -0.148. The molecule has 2 aromatic carbocycles. The molecule has 0 radical (unpaired) electrons. The molecule has 188 valence electrons. The lowest BCUT2D eigenvalue weighted by Crippen LogP contribution is -2.31. The molecule has 8 nitrogen and oxygen atoms in total. The molecule has 0 aliphatic heterocycles. The van der Waals surface area contributed by atoms with Gasteiger partial charge in [0.1, 0.15) is 17.4 Å². The third-order valence-corrected chi connectivity index (χ3v) is 6.06. The van der Waals surface area contributed by atoms with E-state index in [0.717, 1.165) is 39.0 Å². The third-order valence-electron chi connectivity index (χ3n) is 6.06. The van der Waals surface area contributed by atoms with Crippen LogP contribution in [0.4, 0.5) is 0 Å². The van der Waals surface area contributed by atoms with Crippen molar-refractivity contribution in [3.63, 3.8) is 0 Å². The molecule has 0 fully saturated rings. The van der Waals surface area contributed by atoms with Crippen LogP contribution in [0.15, 0.2) is 48.0 Å². The molecule has 1 aromatic heterocycles. The number of hydrogen-bond acceptors (Lipinski definition) is 6. The maximum Gasteiger partial charge on any atom is 0.349 e. The van der Waals surface area contributed by atoms with Crippen molar-refractivity contribution >= 4 is 28.7 Å². The molecule has 0 spiro atoms. The Kier molecular flexibility index (Phi) is 8.87.